The SMILES string of the molecule is N[C@H]1CCCC[C@H]1Nc1ccc2ccc(C(=O)Nc3ccsc3C(F)(F)F)n2n1.O=C(O)C(F)(F)F. The number of nitrogens with zero attached hydrogens (tertiary/aromatic N) is 2. The largest absolute Gasteiger partial charge is 0.490 e. The van der Waals surface area contributed by atoms with Crippen LogP contribution in [0.4, 0.5) is 37.8 Å². The van der Waals surface area contributed by atoms with Crippen LogP contribution in [0, 0.1) is 0 Å². The van der Waals surface area contributed by atoms with Crippen LogP contribution in [0.2, 0.25) is 0 Å². The molecule has 1 fully saturated rings. The van der Waals surface area contributed by atoms with Gasteiger partial charge in [0.15, 0.2) is 0 Å². The first kappa shape index (κ1) is 27.3. The second-order valence-electron chi connectivity index (χ2n) is 7.89. The van der Waals surface area contributed by atoms with Crippen LogP contribution in [0.3, 0.4) is 0 Å². The lowest BCUT2D eigenvalue weighted by atomic mass is 9.91. The highest BCUT2D eigenvalue weighted by molar-refractivity contribution is 7.10. The third kappa shape index (κ3) is 6.66. The van der Waals surface area contributed by atoms with Gasteiger partial charge in [-0.15, -0.1) is 16.4 Å². The smallest absolute Gasteiger partial charge is 0.475 e. The third-order valence-corrected chi connectivity index (χ3v) is 6.26. The summed E-state index contributed by atoms with van der Waals surface area (Å²) in [6, 6.07) is 8.20. The molecule has 3 aromatic heterocycles. The molecule has 36 heavy (non-hydrogen) atoms. The Balaban J connectivity index is 0.000000454. The van der Waals surface area contributed by atoms with E-state index in [0.29, 0.717) is 22.7 Å². The Kier molecular flexibility index (Phi) is 8.13. The number of hydrogen-bond acceptors (Lipinski definition) is 6. The fourth-order valence-corrected chi connectivity index (χ4v) is 4.30. The molecule has 15 heteroatoms. The molecule has 0 spiro atoms. The molecule has 8 nitrogen and oxygen atoms in total. The van der Waals surface area contributed by atoms with Crippen molar-refractivity contribution in [3.8, 4) is 0 Å². The summed E-state index contributed by atoms with van der Waals surface area (Å²) in [5.74, 6) is -2.85. The number of carbonyl (C=O) groups excluding carboxylic acids is 1. The van der Waals surface area contributed by atoms with Crippen molar-refractivity contribution >= 4 is 40.2 Å². The van der Waals surface area contributed by atoms with Crippen molar-refractivity contribution in [1.29, 1.82) is 0 Å². The molecule has 2 atom stereocenters. The summed E-state index contributed by atoms with van der Waals surface area (Å²) in [7, 11) is 0. The van der Waals surface area contributed by atoms with Crippen molar-refractivity contribution in [2.24, 2.45) is 5.73 Å². The molecule has 0 aromatic carbocycles. The normalized spacial score (nSPS) is 18.3. The molecular weight excluding hydrogens is 516 g/mol. The van der Waals surface area contributed by atoms with E-state index in [1.54, 1.807) is 18.2 Å². The number of halogens is 6. The maximum Gasteiger partial charge on any atom is 0.490 e. The molecule has 1 aliphatic carbocycles. The number of alkyl halides is 6. The monoisotopic (exact) mass is 537 g/mol. The number of nitrogens with one attached hydrogen (secondary N) is 2. The van der Waals surface area contributed by atoms with Gasteiger partial charge in [-0.05, 0) is 48.6 Å². The highest BCUT2D eigenvalue weighted by Crippen LogP contribution is 2.39. The summed E-state index contributed by atoms with van der Waals surface area (Å²) in [6.07, 6.45) is -5.52. The minimum Gasteiger partial charge on any atom is -0.475 e. The highest BCUT2D eigenvalue weighted by atomic mass is 32.1. The zero-order valence-electron chi connectivity index (χ0n) is 18.4. The Bertz CT molecular complexity index is 1220. The Morgan fingerprint density at radius 3 is 2.31 bits per heavy atom. The second-order valence-corrected chi connectivity index (χ2v) is 8.81. The van der Waals surface area contributed by atoms with Gasteiger partial charge < -0.3 is 21.5 Å². The number of rotatable bonds is 4. The van der Waals surface area contributed by atoms with Gasteiger partial charge in [0.2, 0.25) is 0 Å². The lowest BCUT2D eigenvalue weighted by molar-refractivity contribution is -0.192. The van der Waals surface area contributed by atoms with Crippen LogP contribution in [-0.4, -0.2) is 44.9 Å². The molecule has 1 aliphatic rings. The molecule has 0 aliphatic heterocycles. The average molecular weight is 537 g/mol. The van der Waals surface area contributed by atoms with Gasteiger partial charge in [0.25, 0.3) is 5.91 Å². The topological polar surface area (TPSA) is 122 Å². The summed E-state index contributed by atoms with van der Waals surface area (Å²) in [4.78, 5) is 20.7. The van der Waals surface area contributed by atoms with Crippen molar-refractivity contribution in [3.05, 3.63) is 46.3 Å². The number of fused-ring (bicyclic) bond motifs is 1. The first-order chi connectivity index (χ1) is 16.8. The molecule has 5 N–H and O–H groups in total. The fourth-order valence-electron chi connectivity index (χ4n) is 3.58. The number of carbonyl (C=O) groups is 2. The molecule has 1 amide bonds. The Morgan fingerprint density at radius 2 is 1.69 bits per heavy atom. The first-order valence-corrected chi connectivity index (χ1v) is 11.4. The summed E-state index contributed by atoms with van der Waals surface area (Å²) in [5.41, 5.74) is 6.72. The quantitative estimate of drug-likeness (QED) is 0.348. The van der Waals surface area contributed by atoms with Crippen molar-refractivity contribution < 1.29 is 41.0 Å². The van der Waals surface area contributed by atoms with Crippen LogP contribution in [-0.2, 0) is 11.0 Å². The summed E-state index contributed by atoms with van der Waals surface area (Å²) in [6.45, 7) is 0. The molecule has 196 valence electrons. The summed E-state index contributed by atoms with van der Waals surface area (Å²) < 4.78 is 72.3. The van der Waals surface area contributed by atoms with E-state index < -0.39 is 29.1 Å². The first-order valence-electron chi connectivity index (χ1n) is 10.5. The van der Waals surface area contributed by atoms with Gasteiger partial charge in [0.05, 0.1) is 11.2 Å². The van der Waals surface area contributed by atoms with Crippen LogP contribution < -0.4 is 16.4 Å². The van der Waals surface area contributed by atoms with E-state index in [9.17, 15) is 31.1 Å². The van der Waals surface area contributed by atoms with Crippen LogP contribution >= 0.6 is 11.3 Å². The molecule has 1 saturated carbocycles. The van der Waals surface area contributed by atoms with E-state index in [4.69, 9.17) is 15.6 Å². The number of thiophene rings is 1. The molecule has 0 saturated heterocycles. The van der Waals surface area contributed by atoms with Crippen molar-refractivity contribution in [3.63, 3.8) is 0 Å². The number of amides is 1. The number of nitrogens with two attached hydrogens (primary N) is 1. The van der Waals surface area contributed by atoms with Gasteiger partial charge in [0, 0.05) is 12.1 Å². The molecule has 0 unspecified atom stereocenters. The highest BCUT2D eigenvalue weighted by Gasteiger charge is 2.38. The van der Waals surface area contributed by atoms with E-state index in [0.717, 1.165) is 25.7 Å². The van der Waals surface area contributed by atoms with E-state index in [1.165, 1.54) is 22.0 Å². The zero-order valence-corrected chi connectivity index (χ0v) is 19.2. The standard InChI is InChI=1S/C19H20F3N5OS.C2HF3O2/c20-19(21,22)17-14(9-10-29-17)25-18(28)15-7-5-11-6-8-16(26-27(11)15)24-13-4-2-1-3-12(13)23;3-2(4,5)1(6)7/h5-10,12-13H,1-4,23H2,(H,24,26)(H,25,28);(H,6,7)/t12-,13+;/m0./s1. The minimum atomic E-state index is -5.08. The van der Waals surface area contributed by atoms with Gasteiger partial charge in [-0.3, -0.25) is 4.79 Å². The van der Waals surface area contributed by atoms with Crippen molar-refractivity contribution in [1.82, 2.24) is 9.61 Å². The molecular formula is C21H21F6N5O3S. The Labute approximate surface area is 204 Å². The fraction of sp³-hybridized carbons (Fsp3) is 0.381. The van der Waals surface area contributed by atoms with E-state index in [-0.39, 0.29) is 23.5 Å². The van der Waals surface area contributed by atoms with Gasteiger partial charge >= 0.3 is 18.3 Å². The molecule has 4 rings (SSSR count). The Hall–Kier alpha value is -3.33. The van der Waals surface area contributed by atoms with Gasteiger partial charge in [-0.1, -0.05) is 12.8 Å². The average Bonchev–Trinajstić information content (AvgIpc) is 3.42. The van der Waals surface area contributed by atoms with E-state index in [1.807, 2.05) is 0 Å². The number of aromatic nitrogens is 2. The van der Waals surface area contributed by atoms with Gasteiger partial charge in [-0.2, -0.15) is 26.3 Å². The van der Waals surface area contributed by atoms with Crippen LogP contribution in [0.5, 0.6) is 0 Å². The lowest BCUT2D eigenvalue weighted by Crippen LogP contribution is -2.42. The number of carboxylic acid groups (broad SMARTS) is 1. The molecule has 0 radical (unpaired) electrons. The van der Waals surface area contributed by atoms with Crippen LogP contribution in [0.25, 0.3) is 5.52 Å². The number of carboxylic acids is 1. The summed E-state index contributed by atoms with van der Waals surface area (Å²) >= 11 is 0.537. The van der Waals surface area contributed by atoms with Gasteiger partial charge in [-0.25, -0.2) is 9.31 Å². The number of hydrogen-bond donors (Lipinski definition) is 4. The maximum atomic E-state index is 13.1. The second kappa shape index (κ2) is 10.7. The number of aliphatic carboxylic acids is 1. The molecule has 3 aromatic rings. The van der Waals surface area contributed by atoms with E-state index >= 15 is 0 Å². The van der Waals surface area contributed by atoms with Crippen LogP contribution in [0.1, 0.15) is 41.0 Å². The van der Waals surface area contributed by atoms with Crippen LogP contribution in [0.15, 0.2) is 35.7 Å². The van der Waals surface area contributed by atoms with Crippen molar-refractivity contribution in [2.45, 2.75) is 50.1 Å². The van der Waals surface area contributed by atoms with E-state index in [2.05, 4.69) is 15.7 Å². The maximum absolute atomic E-state index is 13.1. The van der Waals surface area contributed by atoms with Gasteiger partial charge in [0.1, 0.15) is 16.4 Å². The molecule has 0 bridgehead atoms. The number of anilines is 2. The molecule has 3 heterocycles. The third-order valence-electron chi connectivity index (χ3n) is 5.30. The predicted octanol–water partition coefficient (Wildman–Crippen LogP) is 4.98. The lowest BCUT2D eigenvalue weighted by Gasteiger charge is -2.29. The minimum absolute atomic E-state index is 0.0352. The van der Waals surface area contributed by atoms with Crippen molar-refractivity contribution in [2.75, 3.05) is 10.6 Å². The summed E-state index contributed by atoms with van der Waals surface area (Å²) in [5, 5.41) is 18.5. The zero-order chi connectivity index (χ0) is 26.7. The Morgan fingerprint density at radius 1 is 1.06 bits per heavy atom. The predicted molar refractivity (Wildman–Crippen MR) is 120 cm³/mol.